The van der Waals surface area contributed by atoms with Gasteiger partial charge < -0.3 is 11.1 Å². The number of nitrogens with two attached hydrogens (primary N) is 1. The van der Waals surface area contributed by atoms with Gasteiger partial charge in [-0.3, -0.25) is 4.79 Å². The number of carbonyl (C=O) groups is 1. The first-order chi connectivity index (χ1) is 8.08. The summed E-state index contributed by atoms with van der Waals surface area (Å²) < 4.78 is 0. The highest BCUT2D eigenvalue weighted by atomic mass is 16.1. The second-order valence-electron chi connectivity index (χ2n) is 5.03. The van der Waals surface area contributed by atoms with Crippen LogP contribution in [0.4, 0.5) is 5.69 Å². The standard InChI is InChI=1S/C14H20N2O/c1-9(11-3-4-11)14(17)16-13-7-5-12(6-8-13)10(2)15/h5-11H,3-4,15H2,1-2H3,(H,16,17). The molecule has 1 fully saturated rings. The average Bonchev–Trinajstić information content (AvgIpc) is 3.12. The van der Waals surface area contributed by atoms with Crippen molar-refractivity contribution in [2.75, 3.05) is 5.32 Å². The van der Waals surface area contributed by atoms with Gasteiger partial charge in [-0.05, 0) is 43.4 Å². The van der Waals surface area contributed by atoms with Crippen molar-refractivity contribution >= 4 is 11.6 Å². The van der Waals surface area contributed by atoms with Crippen LogP contribution in [0.3, 0.4) is 0 Å². The van der Waals surface area contributed by atoms with Crippen LogP contribution >= 0.6 is 0 Å². The van der Waals surface area contributed by atoms with E-state index in [4.69, 9.17) is 5.73 Å². The summed E-state index contributed by atoms with van der Waals surface area (Å²) in [6.45, 7) is 3.95. The summed E-state index contributed by atoms with van der Waals surface area (Å²) in [5.41, 5.74) is 7.71. The largest absolute Gasteiger partial charge is 0.326 e. The zero-order chi connectivity index (χ0) is 12.4. The number of hydrogen-bond donors (Lipinski definition) is 2. The van der Waals surface area contributed by atoms with Crippen LogP contribution in [-0.2, 0) is 4.79 Å². The maximum Gasteiger partial charge on any atom is 0.227 e. The lowest BCUT2D eigenvalue weighted by molar-refractivity contribution is -0.119. The van der Waals surface area contributed by atoms with Gasteiger partial charge in [0.05, 0.1) is 0 Å². The summed E-state index contributed by atoms with van der Waals surface area (Å²) in [6, 6.07) is 7.78. The predicted octanol–water partition coefficient (Wildman–Crippen LogP) is 2.69. The van der Waals surface area contributed by atoms with E-state index in [1.165, 1.54) is 12.8 Å². The van der Waals surface area contributed by atoms with Crippen molar-refractivity contribution in [1.29, 1.82) is 0 Å². The van der Waals surface area contributed by atoms with E-state index in [9.17, 15) is 4.79 Å². The van der Waals surface area contributed by atoms with Crippen LogP contribution in [-0.4, -0.2) is 5.91 Å². The molecule has 17 heavy (non-hydrogen) atoms. The zero-order valence-corrected chi connectivity index (χ0v) is 10.4. The molecule has 0 aliphatic heterocycles. The van der Waals surface area contributed by atoms with E-state index < -0.39 is 0 Å². The Morgan fingerprint density at radius 2 is 1.88 bits per heavy atom. The Labute approximate surface area is 102 Å². The highest BCUT2D eigenvalue weighted by Gasteiger charge is 2.32. The Morgan fingerprint density at radius 1 is 1.29 bits per heavy atom. The molecule has 3 nitrogen and oxygen atoms in total. The maximum atomic E-state index is 11.9. The topological polar surface area (TPSA) is 55.1 Å². The average molecular weight is 232 g/mol. The van der Waals surface area contributed by atoms with Crippen LogP contribution in [0.25, 0.3) is 0 Å². The summed E-state index contributed by atoms with van der Waals surface area (Å²) in [6.07, 6.45) is 2.39. The molecule has 1 saturated carbocycles. The van der Waals surface area contributed by atoms with E-state index in [1.807, 2.05) is 38.1 Å². The van der Waals surface area contributed by atoms with E-state index in [0.717, 1.165) is 11.3 Å². The molecule has 3 N–H and O–H groups in total. The molecule has 0 bridgehead atoms. The van der Waals surface area contributed by atoms with Crippen LogP contribution in [0.2, 0.25) is 0 Å². The number of nitrogens with one attached hydrogen (secondary N) is 1. The molecular weight excluding hydrogens is 212 g/mol. The molecular formula is C14H20N2O. The fourth-order valence-electron chi connectivity index (χ4n) is 1.94. The fourth-order valence-corrected chi connectivity index (χ4v) is 1.94. The number of benzene rings is 1. The van der Waals surface area contributed by atoms with Gasteiger partial charge in [0, 0.05) is 17.6 Å². The van der Waals surface area contributed by atoms with Gasteiger partial charge in [-0.15, -0.1) is 0 Å². The van der Waals surface area contributed by atoms with E-state index in [0.29, 0.717) is 5.92 Å². The summed E-state index contributed by atoms with van der Waals surface area (Å²) >= 11 is 0. The summed E-state index contributed by atoms with van der Waals surface area (Å²) in [4.78, 5) is 11.9. The molecule has 1 aromatic carbocycles. The smallest absolute Gasteiger partial charge is 0.227 e. The number of carbonyl (C=O) groups excluding carboxylic acids is 1. The Kier molecular flexibility index (Phi) is 3.48. The minimum Gasteiger partial charge on any atom is -0.326 e. The molecule has 1 aliphatic rings. The van der Waals surface area contributed by atoms with Crippen molar-refractivity contribution in [2.24, 2.45) is 17.6 Å². The van der Waals surface area contributed by atoms with Gasteiger partial charge in [0.15, 0.2) is 0 Å². The lowest BCUT2D eigenvalue weighted by atomic mass is 10.1. The Balaban J connectivity index is 1.96. The molecule has 0 aromatic heterocycles. The highest BCUT2D eigenvalue weighted by Crippen LogP contribution is 2.37. The summed E-state index contributed by atoms with van der Waals surface area (Å²) in [7, 11) is 0. The van der Waals surface area contributed by atoms with Crippen molar-refractivity contribution in [3.63, 3.8) is 0 Å². The van der Waals surface area contributed by atoms with Crippen LogP contribution in [0.15, 0.2) is 24.3 Å². The first kappa shape index (κ1) is 12.1. The van der Waals surface area contributed by atoms with Gasteiger partial charge in [0.25, 0.3) is 0 Å². The fraction of sp³-hybridized carbons (Fsp3) is 0.500. The molecule has 0 radical (unpaired) electrons. The first-order valence-corrected chi connectivity index (χ1v) is 6.24. The minimum atomic E-state index is 0.0325. The third-order valence-corrected chi connectivity index (χ3v) is 3.45. The molecule has 2 unspecified atom stereocenters. The van der Waals surface area contributed by atoms with Gasteiger partial charge >= 0.3 is 0 Å². The molecule has 92 valence electrons. The van der Waals surface area contributed by atoms with Gasteiger partial charge in [-0.1, -0.05) is 19.1 Å². The second kappa shape index (κ2) is 4.88. The maximum absolute atomic E-state index is 11.9. The molecule has 1 aromatic rings. The quantitative estimate of drug-likeness (QED) is 0.838. The lowest BCUT2D eigenvalue weighted by Crippen LogP contribution is -2.21. The third kappa shape index (κ3) is 3.07. The summed E-state index contributed by atoms with van der Waals surface area (Å²) in [5.74, 6) is 0.850. The SMILES string of the molecule is CC(N)c1ccc(NC(=O)C(C)C2CC2)cc1. The van der Waals surface area contributed by atoms with E-state index in [1.54, 1.807) is 0 Å². The van der Waals surface area contributed by atoms with Crippen molar-refractivity contribution in [2.45, 2.75) is 32.7 Å². The number of hydrogen-bond acceptors (Lipinski definition) is 2. The second-order valence-corrected chi connectivity index (χ2v) is 5.03. The van der Waals surface area contributed by atoms with E-state index in [2.05, 4.69) is 5.32 Å². The van der Waals surface area contributed by atoms with Gasteiger partial charge in [0.2, 0.25) is 5.91 Å². The Bertz CT molecular complexity index is 393. The van der Waals surface area contributed by atoms with Crippen LogP contribution in [0, 0.1) is 11.8 Å². The molecule has 0 spiro atoms. The number of amides is 1. The van der Waals surface area contributed by atoms with Gasteiger partial charge in [0.1, 0.15) is 0 Å². The van der Waals surface area contributed by atoms with Crippen molar-refractivity contribution in [3.8, 4) is 0 Å². The lowest BCUT2D eigenvalue weighted by Gasteiger charge is -2.12. The molecule has 1 aliphatic carbocycles. The highest BCUT2D eigenvalue weighted by molar-refractivity contribution is 5.92. The predicted molar refractivity (Wildman–Crippen MR) is 69.6 cm³/mol. The van der Waals surface area contributed by atoms with Gasteiger partial charge in [-0.25, -0.2) is 0 Å². The monoisotopic (exact) mass is 232 g/mol. The Morgan fingerprint density at radius 3 is 2.35 bits per heavy atom. The van der Waals surface area contributed by atoms with Crippen molar-refractivity contribution in [3.05, 3.63) is 29.8 Å². The van der Waals surface area contributed by atoms with Crippen LogP contribution < -0.4 is 11.1 Å². The van der Waals surface area contributed by atoms with Crippen molar-refractivity contribution in [1.82, 2.24) is 0 Å². The molecule has 0 saturated heterocycles. The zero-order valence-electron chi connectivity index (χ0n) is 10.4. The van der Waals surface area contributed by atoms with Crippen molar-refractivity contribution < 1.29 is 4.79 Å². The first-order valence-electron chi connectivity index (χ1n) is 6.24. The van der Waals surface area contributed by atoms with Crippen LogP contribution in [0.5, 0.6) is 0 Å². The number of rotatable bonds is 4. The Hall–Kier alpha value is -1.35. The number of anilines is 1. The molecule has 2 atom stereocenters. The van der Waals surface area contributed by atoms with E-state index in [-0.39, 0.29) is 17.9 Å². The molecule has 3 heteroatoms. The molecule has 1 amide bonds. The summed E-state index contributed by atoms with van der Waals surface area (Å²) in [5, 5.41) is 2.95. The third-order valence-electron chi connectivity index (χ3n) is 3.45. The van der Waals surface area contributed by atoms with Crippen LogP contribution in [0.1, 0.15) is 38.3 Å². The molecule has 2 rings (SSSR count). The normalized spacial score (nSPS) is 18.5. The van der Waals surface area contributed by atoms with E-state index >= 15 is 0 Å². The van der Waals surface area contributed by atoms with Gasteiger partial charge in [-0.2, -0.15) is 0 Å². The molecule has 0 heterocycles. The minimum absolute atomic E-state index is 0.0325.